The van der Waals surface area contributed by atoms with Crippen molar-refractivity contribution in [2.45, 2.75) is 13.0 Å². The minimum Gasteiger partial charge on any atom is -0.490 e. The first kappa shape index (κ1) is 11.6. The van der Waals surface area contributed by atoms with E-state index in [1.165, 1.54) is 5.56 Å². The maximum atomic E-state index is 5.62. The highest BCUT2D eigenvalue weighted by atomic mass is 35.5. The second kappa shape index (κ2) is 5.97. The molecule has 88 valence electrons. The van der Waals surface area contributed by atoms with Gasteiger partial charge in [-0.3, -0.25) is 0 Å². The quantitative estimate of drug-likeness (QED) is 0.648. The summed E-state index contributed by atoms with van der Waals surface area (Å²) in [7, 11) is 0. The number of alkyl halides is 1. The SMILES string of the molecule is ClCCNCc1ccc2c(c1)OCCCO2. The van der Waals surface area contributed by atoms with E-state index in [0.29, 0.717) is 5.88 Å². The number of hydrogen-bond acceptors (Lipinski definition) is 3. The van der Waals surface area contributed by atoms with Crippen LogP contribution in [0.25, 0.3) is 0 Å². The highest BCUT2D eigenvalue weighted by molar-refractivity contribution is 6.18. The zero-order chi connectivity index (χ0) is 11.2. The van der Waals surface area contributed by atoms with Crippen LogP contribution in [0, 0.1) is 0 Å². The molecule has 0 radical (unpaired) electrons. The number of nitrogens with one attached hydrogen (secondary N) is 1. The Morgan fingerprint density at radius 1 is 1.19 bits per heavy atom. The smallest absolute Gasteiger partial charge is 0.161 e. The van der Waals surface area contributed by atoms with Crippen LogP contribution >= 0.6 is 11.6 Å². The van der Waals surface area contributed by atoms with Crippen LogP contribution in [-0.2, 0) is 6.54 Å². The van der Waals surface area contributed by atoms with Gasteiger partial charge in [0.1, 0.15) is 0 Å². The molecule has 0 fully saturated rings. The Kier molecular flexibility index (Phi) is 4.31. The highest BCUT2D eigenvalue weighted by Gasteiger charge is 2.10. The van der Waals surface area contributed by atoms with Crippen LogP contribution in [0.15, 0.2) is 18.2 Å². The van der Waals surface area contributed by atoms with E-state index in [9.17, 15) is 0 Å². The van der Waals surface area contributed by atoms with Gasteiger partial charge >= 0.3 is 0 Å². The van der Waals surface area contributed by atoms with E-state index in [4.69, 9.17) is 21.1 Å². The van der Waals surface area contributed by atoms with E-state index in [1.54, 1.807) is 0 Å². The first-order valence-corrected chi connectivity index (χ1v) is 6.09. The Morgan fingerprint density at radius 3 is 2.81 bits per heavy atom. The molecule has 1 heterocycles. The maximum absolute atomic E-state index is 5.62. The predicted molar refractivity (Wildman–Crippen MR) is 64.5 cm³/mol. The normalized spacial score (nSPS) is 14.6. The lowest BCUT2D eigenvalue weighted by Gasteiger charge is -2.09. The Balaban J connectivity index is 2.02. The summed E-state index contributed by atoms with van der Waals surface area (Å²) in [6.45, 7) is 3.09. The van der Waals surface area contributed by atoms with Crippen LogP contribution in [0.3, 0.4) is 0 Å². The van der Waals surface area contributed by atoms with Crippen molar-refractivity contribution in [2.24, 2.45) is 0 Å². The fourth-order valence-corrected chi connectivity index (χ4v) is 1.75. The molecule has 1 aliphatic heterocycles. The molecule has 2 rings (SSSR count). The summed E-state index contributed by atoms with van der Waals surface area (Å²) in [5.41, 5.74) is 1.19. The fraction of sp³-hybridized carbons (Fsp3) is 0.500. The molecule has 0 unspecified atom stereocenters. The van der Waals surface area contributed by atoms with Crippen LogP contribution in [0.2, 0.25) is 0 Å². The van der Waals surface area contributed by atoms with Gasteiger partial charge in [0, 0.05) is 25.4 Å². The third-order valence-electron chi connectivity index (χ3n) is 2.41. The first-order chi connectivity index (χ1) is 7.90. The van der Waals surface area contributed by atoms with Crippen LogP contribution < -0.4 is 14.8 Å². The minimum atomic E-state index is 0.630. The Labute approximate surface area is 101 Å². The highest BCUT2D eigenvalue weighted by Crippen LogP contribution is 2.30. The fourth-order valence-electron chi connectivity index (χ4n) is 1.62. The molecule has 0 aromatic heterocycles. The average Bonchev–Trinajstić information content (AvgIpc) is 2.54. The molecule has 1 aromatic carbocycles. The van der Waals surface area contributed by atoms with Crippen LogP contribution in [0.1, 0.15) is 12.0 Å². The largest absolute Gasteiger partial charge is 0.490 e. The topological polar surface area (TPSA) is 30.5 Å². The molecular formula is C12H16ClNO2. The second-order valence-electron chi connectivity index (χ2n) is 3.70. The molecule has 0 atom stereocenters. The number of hydrogen-bond donors (Lipinski definition) is 1. The molecule has 0 aliphatic carbocycles. The van der Waals surface area contributed by atoms with Crippen molar-refractivity contribution in [3.05, 3.63) is 23.8 Å². The van der Waals surface area contributed by atoms with E-state index in [0.717, 1.165) is 44.2 Å². The molecule has 0 saturated heterocycles. The van der Waals surface area contributed by atoms with Gasteiger partial charge in [-0.1, -0.05) is 6.07 Å². The summed E-state index contributed by atoms with van der Waals surface area (Å²) >= 11 is 5.60. The number of ether oxygens (including phenoxy) is 2. The number of benzene rings is 1. The molecule has 1 N–H and O–H groups in total. The van der Waals surface area contributed by atoms with Crippen molar-refractivity contribution >= 4 is 11.6 Å². The van der Waals surface area contributed by atoms with Crippen molar-refractivity contribution in [1.29, 1.82) is 0 Å². The Hall–Kier alpha value is -0.930. The van der Waals surface area contributed by atoms with Crippen molar-refractivity contribution < 1.29 is 9.47 Å². The van der Waals surface area contributed by atoms with Crippen LogP contribution in [0.4, 0.5) is 0 Å². The molecule has 0 saturated carbocycles. The number of halogens is 1. The molecule has 4 heteroatoms. The van der Waals surface area contributed by atoms with Crippen LogP contribution in [-0.4, -0.2) is 25.6 Å². The van der Waals surface area contributed by atoms with Gasteiger partial charge in [0.25, 0.3) is 0 Å². The summed E-state index contributed by atoms with van der Waals surface area (Å²) in [6.07, 6.45) is 0.939. The monoisotopic (exact) mass is 241 g/mol. The Morgan fingerprint density at radius 2 is 2.00 bits per heavy atom. The van der Waals surface area contributed by atoms with E-state index >= 15 is 0 Å². The minimum absolute atomic E-state index is 0.630. The van der Waals surface area contributed by atoms with Gasteiger partial charge in [-0.05, 0) is 17.7 Å². The predicted octanol–water partition coefficient (Wildman–Crippen LogP) is 2.18. The van der Waals surface area contributed by atoms with E-state index in [2.05, 4.69) is 11.4 Å². The molecular weight excluding hydrogens is 226 g/mol. The molecule has 0 spiro atoms. The number of rotatable bonds is 4. The van der Waals surface area contributed by atoms with Crippen molar-refractivity contribution in [2.75, 3.05) is 25.6 Å². The van der Waals surface area contributed by atoms with Gasteiger partial charge in [0.15, 0.2) is 11.5 Å². The molecule has 3 nitrogen and oxygen atoms in total. The van der Waals surface area contributed by atoms with Crippen molar-refractivity contribution in [3.8, 4) is 11.5 Å². The molecule has 16 heavy (non-hydrogen) atoms. The zero-order valence-corrected chi connectivity index (χ0v) is 9.93. The number of fused-ring (bicyclic) bond motifs is 1. The van der Waals surface area contributed by atoms with Crippen molar-refractivity contribution in [3.63, 3.8) is 0 Å². The molecule has 0 amide bonds. The third-order valence-corrected chi connectivity index (χ3v) is 2.60. The summed E-state index contributed by atoms with van der Waals surface area (Å²) in [6, 6.07) is 6.05. The third kappa shape index (κ3) is 3.03. The zero-order valence-electron chi connectivity index (χ0n) is 9.17. The van der Waals surface area contributed by atoms with E-state index < -0.39 is 0 Å². The summed E-state index contributed by atoms with van der Waals surface area (Å²) in [5, 5.41) is 3.25. The maximum Gasteiger partial charge on any atom is 0.161 e. The van der Waals surface area contributed by atoms with E-state index in [-0.39, 0.29) is 0 Å². The van der Waals surface area contributed by atoms with Gasteiger partial charge in [-0.15, -0.1) is 11.6 Å². The molecule has 1 aromatic rings. The standard InChI is InChI=1S/C12H16ClNO2/c13-4-5-14-9-10-2-3-11-12(8-10)16-7-1-6-15-11/h2-3,8,14H,1,4-7,9H2. The van der Waals surface area contributed by atoms with Crippen LogP contribution in [0.5, 0.6) is 11.5 Å². The van der Waals surface area contributed by atoms with Gasteiger partial charge in [-0.25, -0.2) is 0 Å². The van der Waals surface area contributed by atoms with Gasteiger partial charge in [-0.2, -0.15) is 0 Å². The van der Waals surface area contributed by atoms with E-state index in [1.807, 2.05) is 12.1 Å². The van der Waals surface area contributed by atoms with Gasteiger partial charge < -0.3 is 14.8 Å². The lowest BCUT2D eigenvalue weighted by atomic mass is 10.2. The summed E-state index contributed by atoms with van der Waals surface area (Å²) in [5.74, 6) is 2.33. The lowest BCUT2D eigenvalue weighted by molar-refractivity contribution is 0.297. The van der Waals surface area contributed by atoms with Gasteiger partial charge in [0.05, 0.1) is 13.2 Å². The molecule has 1 aliphatic rings. The first-order valence-electron chi connectivity index (χ1n) is 5.55. The second-order valence-corrected chi connectivity index (χ2v) is 4.08. The molecule has 0 bridgehead atoms. The van der Waals surface area contributed by atoms with Crippen molar-refractivity contribution in [1.82, 2.24) is 5.32 Å². The average molecular weight is 242 g/mol. The lowest BCUT2D eigenvalue weighted by Crippen LogP contribution is -2.15. The Bertz CT molecular complexity index is 344. The summed E-state index contributed by atoms with van der Waals surface area (Å²) in [4.78, 5) is 0. The summed E-state index contributed by atoms with van der Waals surface area (Å²) < 4.78 is 11.2. The van der Waals surface area contributed by atoms with Gasteiger partial charge in [0.2, 0.25) is 0 Å².